The van der Waals surface area contributed by atoms with Crippen molar-refractivity contribution in [1.29, 1.82) is 0 Å². The maximum absolute atomic E-state index is 12.5. The zero-order valence-electron chi connectivity index (χ0n) is 14.2. The Labute approximate surface area is 146 Å². The molecule has 1 amide bonds. The number of carbonyl (C=O) groups excluding carboxylic acids is 1. The van der Waals surface area contributed by atoms with Crippen LogP contribution in [0.3, 0.4) is 0 Å². The lowest BCUT2D eigenvalue weighted by Gasteiger charge is -2.46. The number of amides is 1. The molecule has 2 aliphatic heterocycles. The predicted molar refractivity (Wildman–Crippen MR) is 95.1 cm³/mol. The minimum absolute atomic E-state index is 0.0414. The quantitative estimate of drug-likeness (QED) is 0.844. The van der Waals surface area contributed by atoms with Crippen molar-refractivity contribution in [3.8, 4) is 0 Å². The Balaban J connectivity index is 1.52. The van der Waals surface area contributed by atoms with Gasteiger partial charge in [0.15, 0.2) is 0 Å². The summed E-state index contributed by atoms with van der Waals surface area (Å²) in [6.45, 7) is 4.30. The summed E-state index contributed by atoms with van der Waals surface area (Å²) in [5.74, 6) is 0.160. The minimum atomic E-state index is 0.0414. The summed E-state index contributed by atoms with van der Waals surface area (Å²) in [5, 5.41) is 8.58. The topological polar surface area (TPSA) is 44.6 Å². The third-order valence-corrected chi connectivity index (χ3v) is 6.07. The van der Waals surface area contributed by atoms with Gasteiger partial charge in [0.1, 0.15) is 0 Å². The highest BCUT2D eigenvalue weighted by Crippen LogP contribution is 2.34. The van der Waals surface area contributed by atoms with E-state index in [1.165, 1.54) is 5.56 Å². The average molecular weight is 345 g/mol. The van der Waals surface area contributed by atoms with Crippen molar-refractivity contribution >= 4 is 22.9 Å². The molecule has 24 heavy (non-hydrogen) atoms. The fourth-order valence-electron chi connectivity index (χ4n) is 3.90. The molecule has 128 valence electrons. The number of rotatable bonds is 3. The molecular weight excluding hydrogens is 322 g/mol. The SMILES string of the molecule is CN1CC(=O)N(c2cnn(C)c2)C[C@]12CCN(Cc1ccsc1)C2. The number of aromatic nitrogens is 2. The van der Waals surface area contributed by atoms with E-state index in [2.05, 4.69) is 38.8 Å². The average Bonchev–Trinajstić information content (AvgIpc) is 3.26. The number of anilines is 1. The number of piperazine rings is 1. The third kappa shape index (κ3) is 2.76. The number of carbonyl (C=O) groups is 1. The van der Waals surface area contributed by atoms with E-state index < -0.39 is 0 Å². The lowest BCUT2D eigenvalue weighted by Crippen LogP contribution is -2.64. The van der Waals surface area contributed by atoms with Gasteiger partial charge in [-0.1, -0.05) is 0 Å². The number of likely N-dealkylation sites (tertiary alicyclic amines) is 1. The molecule has 7 heteroatoms. The molecule has 6 nitrogen and oxygen atoms in total. The Morgan fingerprint density at radius 1 is 1.33 bits per heavy atom. The molecule has 1 atom stereocenters. The minimum Gasteiger partial charge on any atom is -0.306 e. The first-order valence-corrected chi connectivity index (χ1v) is 9.24. The van der Waals surface area contributed by atoms with Gasteiger partial charge in [0, 0.05) is 39.4 Å². The maximum Gasteiger partial charge on any atom is 0.241 e. The maximum atomic E-state index is 12.5. The standard InChI is InChI=1S/C17H23N5OS/c1-19-10-16(23)22(15-7-18-20(2)9-15)13-17(19)4-5-21(12-17)8-14-3-6-24-11-14/h3,6-7,9,11H,4-5,8,10,12-13H2,1-2H3/t17-/m1/s1. The Morgan fingerprint density at radius 3 is 2.92 bits per heavy atom. The van der Waals surface area contributed by atoms with Crippen LogP contribution in [-0.2, 0) is 18.4 Å². The largest absolute Gasteiger partial charge is 0.306 e. The van der Waals surface area contributed by atoms with E-state index >= 15 is 0 Å². The van der Waals surface area contributed by atoms with Crippen LogP contribution in [0.25, 0.3) is 0 Å². The van der Waals surface area contributed by atoms with Crippen molar-refractivity contribution in [1.82, 2.24) is 19.6 Å². The van der Waals surface area contributed by atoms with Crippen molar-refractivity contribution in [2.45, 2.75) is 18.5 Å². The van der Waals surface area contributed by atoms with Crippen molar-refractivity contribution in [3.63, 3.8) is 0 Å². The summed E-state index contributed by atoms with van der Waals surface area (Å²) in [5.41, 5.74) is 2.33. The number of thiophene rings is 1. The molecular formula is C17H23N5OS. The smallest absolute Gasteiger partial charge is 0.241 e. The van der Waals surface area contributed by atoms with Crippen LogP contribution in [0, 0.1) is 0 Å². The molecule has 1 spiro atoms. The Kier molecular flexibility index (Phi) is 3.94. The number of hydrogen-bond acceptors (Lipinski definition) is 5. The Hall–Kier alpha value is -1.70. The number of aryl methyl sites for hydroxylation is 1. The van der Waals surface area contributed by atoms with Crippen LogP contribution in [0.4, 0.5) is 5.69 Å². The van der Waals surface area contributed by atoms with Gasteiger partial charge in [0.05, 0.1) is 24.0 Å². The second-order valence-electron chi connectivity index (χ2n) is 7.02. The normalized spacial score (nSPS) is 25.9. The highest BCUT2D eigenvalue weighted by Gasteiger charge is 2.47. The zero-order chi connectivity index (χ0) is 16.7. The molecule has 2 saturated heterocycles. The van der Waals surface area contributed by atoms with Crippen LogP contribution in [0.15, 0.2) is 29.2 Å². The first-order chi connectivity index (χ1) is 11.6. The van der Waals surface area contributed by atoms with Crippen molar-refractivity contribution in [2.75, 3.05) is 38.1 Å². The van der Waals surface area contributed by atoms with Gasteiger partial charge >= 0.3 is 0 Å². The molecule has 2 aromatic rings. The number of nitrogens with zero attached hydrogens (tertiary/aromatic N) is 5. The second-order valence-corrected chi connectivity index (χ2v) is 7.80. The van der Waals surface area contributed by atoms with E-state index in [1.807, 2.05) is 18.1 Å². The van der Waals surface area contributed by atoms with Crippen LogP contribution in [0.2, 0.25) is 0 Å². The van der Waals surface area contributed by atoms with Crippen LogP contribution in [0.1, 0.15) is 12.0 Å². The molecule has 2 aromatic heterocycles. The summed E-state index contributed by atoms with van der Waals surface area (Å²) in [6.07, 6.45) is 4.81. The van der Waals surface area contributed by atoms with Gasteiger partial charge in [-0.3, -0.25) is 19.3 Å². The molecule has 0 saturated carbocycles. The molecule has 4 heterocycles. The van der Waals surface area contributed by atoms with Crippen LogP contribution in [-0.4, -0.2) is 64.3 Å². The van der Waals surface area contributed by atoms with Gasteiger partial charge in [-0.2, -0.15) is 16.4 Å². The summed E-state index contributed by atoms with van der Waals surface area (Å²) in [6, 6.07) is 2.20. The van der Waals surface area contributed by atoms with Gasteiger partial charge in [0.25, 0.3) is 0 Å². The summed E-state index contributed by atoms with van der Waals surface area (Å²) in [7, 11) is 3.98. The van der Waals surface area contributed by atoms with Crippen LogP contribution >= 0.6 is 11.3 Å². The van der Waals surface area contributed by atoms with Gasteiger partial charge < -0.3 is 4.90 Å². The monoisotopic (exact) mass is 345 g/mol. The van der Waals surface area contributed by atoms with Gasteiger partial charge in [-0.15, -0.1) is 0 Å². The molecule has 0 aliphatic carbocycles. The first-order valence-electron chi connectivity index (χ1n) is 8.29. The second kappa shape index (κ2) is 5.98. The van der Waals surface area contributed by atoms with Crippen molar-refractivity contribution in [2.24, 2.45) is 7.05 Å². The molecule has 0 bridgehead atoms. The van der Waals surface area contributed by atoms with E-state index in [-0.39, 0.29) is 11.4 Å². The van der Waals surface area contributed by atoms with Gasteiger partial charge in [-0.25, -0.2) is 0 Å². The molecule has 0 unspecified atom stereocenters. The van der Waals surface area contributed by atoms with Gasteiger partial charge in [0.2, 0.25) is 5.91 Å². The highest BCUT2D eigenvalue weighted by molar-refractivity contribution is 7.07. The number of likely N-dealkylation sites (N-methyl/N-ethyl adjacent to an activating group) is 1. The Morgan fingerprint density at radius 2 is 2.21 bits per heavy atom. The highest BCUT2D eigenvalue weighted by atomic mass is 32.1. The van der Waals surface area contributed by atoms with E-state index in [0.717, 1.165) is 38.3 Å². The van der Waals surface area contributed by atoms with E-state index in [1.54, 1.807) is 22.2 Å². The first kappa shape index (κ1) is 15.8. The summed E-state index contributed by atoms with van der Waals surface area (Å²) in [4.78, 5) is 19.2. The molecule has 0 N–H and O–H groups in total. The summed E-state index contributed by atoms with van der Waals surface area (Å²) >= 11 is 1.75. The summed E-state index contributed by atoms with van der Waals surface area (Å²) < 4.78 is 1.76. The molecule has 0 radical (unpaired) electrons. The fraction of sp³-hybridized carbons (Fsp3) is 0.529. The molecule has 4 rings (SSSR count). The van der Waals surface area contributed by atoms with Crippen molar-refractivity contribution in [3.05, 3.63) is 34.8 Å². The lowest BCUT2D eigenvalue weighted by molar-refractivity contribution is -0.123. The van der Waals surface area contributed by atoms with Crippen molar-refractivity contribution < 1.29 is 4.79 Å². The Bertz CT molecular complexity index is 727. The third-order valence-electron chi connectivity index (χ3n) is 5.34. The predicted octanol–water partition coefficient (Wildman–Crippen LogP) is 1.40. The van der Waals surface area contributed by atoms with Gasteiger partial charge in [-0.05, 0) is 35.9 Å². The molecule has 2 fully saturated rings. The molecule has 0 aromatic carbocycles. The van der Waals surface area contributed by atoms with Crippen LogP contribution in [0.5, 0.6) is 0 Å². The van der Waals surface area contributed by atoms with E-state index in [9.17, 15) is 4.79 Å². The fourth-order valence-corrected chi connectivity index (χ4v) is 4.56. The van der Waals surface area contributed by atoms with E-state index in [4.69, 9.17) is 0 Å². The van der Waals surface area contributed by atoms with E-state index in [0.29, 0.717) is 6.54 Å². The molecule has 2 aliphatic rings. The van der Waals surface area contributed by atoms with Crippen LogP contribution < -0.4 is 4.90 Å². The number of hydrogen-bond donors (Lipinski definition) is 0. The lowest BCUT2D eigenvalue weighted by atomic mass is 9.93. The zero-order valence-corrected chi connectivity index (χ0v) is 15.0.